The lowest BCUT2D eigenvalue weighted by Crippen LogP contribution is -2.38. The van der Waals surface area contributed by atoms with Gasteiger partial charge in [-0.1, -0.05) is 126 Å². The molecule has 2 heterocycles. The van der Waals surface area contributed by atoms with Gasteiger partial charge in [-0.15, -0.1) is 0 Å². The van der Waals surface area contributed by atoms with Crippen LogP contribution in [0.15, 0.2) is 143 Å². The molecule has 1 aromatic heterocycles. The van der Waals surface area contributed by atoms with Crippen LogP contribution in [0.1, 0.15) is 18.4 Å². The average molecular weight is 747 g/mol. The summed E-state index contributed by atoms with van der Waals surface area (Å²) in [5.41, 5.74) is 3.43. The first-order valence-electron chi connectivity index (χ1n) is 17.0. The molecule has 0 atom stereocenters. The summed E-state index contributed by atoms with van der Waals surface area (Å²) in [6, 6.07) is 41.3. The minimum Gasteiger partial charge on any atom is -0.491 e. The van der Waals surface area contributed by atoms with Gasteiger partial charge in [-0.3, -0.25) is 0 Å². The largest absolute Gasteiger partial charge is 0.491 e. The van der Waals surface area contributed by atoms with E-state index in [1.54, 1.807) is 23.1 Å². The Bertz CT molecular complexity index is 2440. The van der Waals surface area contributed by atoms with Crippen molar-refractivity contribution in [1.29, 1.82) is 0 Å². The van der Waals surface area contributed by atoms with Gasteiger partial charge in [-0.2, -0.15) is 4.57 Å². The smallest absolute Gasteiger partial charge is 0.263 e. The van der Waals surface area contributed by atoms with E-state index < -0.39 is 0 Å². The van der Waals surface area contributed by atoms with E-state index >= 15 is 0 Å². The van der Waals surface area contributed by atoms with E-state index in [-0.39, 0.29) is 0 Å². The Morgan fingerprint density at radius 2 is 1.39 bits per heavy atom. The quantitative estimate of drug-likeness (QED) is 0.123. The zero-order valence-electron chi connectivity index (χ0n) is 28.0. The SMILES string of the molecule is CCC(=Cc1sc2ccc(Cl)cc2[n+]1CCOc1cccc2ccccc12)C=C1Sc2ccc(Cl)cc2N1CCOc1cccc2ccccc12. The van der Waals surface area contributed by atoms with Crippen molar-refractivity contribution in [2.45, 2.75) is 24.8 Å². The molecule has 0 spiro atoms. The highest BCUT2D eigenvalue weighted by Crippen LogP contribution is 2.47. The van der Waals surface area contributed by atoms with E-state index in [1.807, 2.05) is 36.4 Å². The van der Waals surface area contributed by atoms with Crippen LogP contribution in [0.2, 0.25) is 10.0 Å². The molecule has 1 aliphatic heterocycles. The van der Waals surface area contributed by atoms with Crippen LogP contribution in [0.3, 0.4) is 0 Å². The molecule has 8 rings (SSSR count). The maximum Gasteiger partial charge on any atom is 0.263 e. The summed E-state index contributed by atoms with van der Waals surface area (Å²) in [6.07, 6.45) is 5.48. The minimum absolute atomic E-state index is 0.525. The zero-order chi connectivity index (χ0) is 34.7. The molecular weight excluding hydrogens is 712 g/mol. The molecule has 4 nitrogen and oxygen atoms in total. The summed E-state index contributed by atoms with van der Waals surface area (Å²) in [4.78, 5) is 3.51. The van der Waals surface area contributed by atoms with Gasteiger partial charge in [0.2, 0.25) is 5.52 Å². The van der Waals surface area contributed by atoms with Gasteiger partial charge in [0.1, 0.15) is 29.4 Å². The fourth-order valence-electron chi connectivity index (χ4n) is 6.52. The molecule has 0 saturated carbocycles. The molecule has 6 aromatic carbocycles. The normalized spacial score (nSPS) is 13.8. The number of allylic oxidation sites excluding steroid dienone is 2. The molecule has 0 saturated heterocycles. The summed E-state index contributed by atoms with van der Waals surface area (Å²) in [6.45, 7) is 4.62. The third kappa shape index (κ3) is 7.19. The number of aromatic nitrogens is 1. The Morgan fingerprint density at radius 1 is 0.745 bits per heavy atom. The molecule has 7 aromatic rings. The summed E-state index contributed by atoms with van der Waals surface area (Å²) in [5, 5.41) is 8.31. The molecule has 1 aliphatic rings. The lowest BCUT2D eigenvalue weighted by Gasteiger charge is -2.21. The average Bonchev–Trinajstić information content (AvgIpc) is 3.67. The first-order valence-corrected chi connectivity index (χ1v) is 19.4. The van der Waals surface area contributed by atoms with E-state index in [0.717, 1.165) is 60.0 Å². The van der Waals surface area contributed by atoms with Gasteiger partial charge in [0, 0.05) is 37.9 Å². The maximum absolute atomic E-state index is 6.53. The number of rotatable bonds is 11. The van der Waals surface area contributed by atoms with Gasteiger partial charge >= 0.3 is 0 Å². The fraction of sp³-hybridized carbons (Fsp3) is 0.140. The molecule has 254 valence electrons. The number of halogens is 2. The number of benzene rings is 6. The number of anilines is 1. The molecule has 0 aliphatic carbocycles. The third-order valence-electron chi connectivity index (χ3n) is 9.05. The lowest BCUT2D eigenvalue weighted by molar-refractivity contribution is -0.669. The van der Waals surface area contributed by atoms with Crippen LogP contribution in [0.4, 0.5) is 5.69 Å². The molecule has 0 fully saturated rings. The number of fused-ring (bicyclic) bond motifs is 4. The van der Waals surface area contributed by atoms with Crippen LogP contribution < -0.4 is 18.9 Å². The van der Waals surface area contributed by atoms with Crippen molar-refractivity contribution in [2.24, 2.45) is 0 Å². The number of hydrogen-bond acceptors (Lipinski definition) is 5. The predicted molar refractivity (Wildman–Crippen MR) is 217 cm³/mol. The second kappa shape index (κ2) is 15.0. The number of ether oxygens (including phenoxy) is 2. The highest BCUT2D eigenvalue weighted by Gasteiger charge is 2.26. The standard InChI is InChI=1S/C43H35Cl2N2O2S2/c1-2-29(25-42-46(36-27-32(44)17-19-40(36)50-42)21-23-48-38-15-7-11-30-9-3-5-13-34(30)38)26-43-47(37-28-33(45)18-20-41(37)51-43)22-24-49-39-16-8-12-31-10-4-6-14-35(31)39/h3-20,25-28H,2,21-24H2,1H3/q+1. The monoisotopic (exact) mass is 745 g/mol. The Morgan fingerprint density at radius 3 is 2.12 bits per heavy atom. The summed E-state index contributed by atoms with van der Waals surface area (Å²) in [7, 11) is 0. The van der Waals surface area contributed by atoms with Crippen molar-refractivity contribution >= 4 is 89.8 Å². The van der Waals surface area contributed by atoms with Crippen molar-refractivity contribution in [3.05, 3.63) is 153 Å². The molecule has 0 radical (unpaired) electrons. The van der Waals surface area contributed by atoms with Gasteiger partial charge in [0.25, 0.3) is 5.01 Å². The van der Waals surface area contributed by atoms with Crippen molar-refractivity contribution in [2.75, 3.05) is 24.7 Å². The van der Waals surface area contributed by atoms with Crippen LogP contribution in [0.5, 0.6) is 11.5 Å². The minimum atomic E-state index is 0.525. The number of thioether (sulfide) groups is 1. The van der Waals surface area contributed by atoms with Crippen LogP contribution in [0.25, 0.3) is 37.8 Å². The van der Waals surface area contributed by atoms with Gasteiger partial charge in [0.15, 0.2) is 6.54 Å². The second-order valence-corrected chi connectivity index (χ2v) is 15.3. The predicted octanol–water partition coefficient (Wildman–Crippen LogP) is 12.2. The van der Waals surface area contributed by atoms with Crippen molar-refractivity contribution < 1.29 is 14.0 Å². The molecule has 8 heteroatoms. The molecule has 0 N–H and O–H groups in total. The van der Waals surface area contributed by atoms with Crippen molar-refractivity contribution in [3.63, 3.8) is 0 Å². The Hall–Kier alpha value is -4.46. The summed E-state index contributed by atoms with van der Waals surface area (Å²) in [5.74, 6) is 1.79. The number of thiazole rings is 1. The molecule has 0 unspecified atom stereocenters. The zero-order valence-corrected chi connectivity index (χ0v) is 31.2. The molecule has 0 bridgehead atoms. The van der Waals surface area contributed by atoms with Gasteiger partial charge < -0.3 is 14.4 Å². The van der Waals surface area contributed by atoms with Crippen molar-refractivity contribution in [3.8, 4) is 11.5 Å². The van der Waals surface area contributed by atoms with E-state index in [4.69, 9.17) is 32.7 Å². The Balaban J connectivity index is 1.08. The summed E-state index contributed by atoms with van der Waals surface area (Å²) >= 11 is 16.6. The van der Waals surface area contributed by atoms with Crippen LogP contribution in [-0.2, 0) is 6.54 Å². The fourth-order valence-corrected chi connectivity index (χ4v) is 9.15. The molecular formula is C43H35Cl2N2O2S2+. The van der Waals surface area contributed by atoms with E-state index in [0.29, 0.717) is 26.3 Å². The highest BCUT2D eigenvalue weighted by atomic mass is 35.5. The van der Waals surface area contributed by atoms with Crippen molar-refractivity contribution in [1.82, 2.24) is 0 Å². The maximum atomic E-state index is 6.53. The number of hydrogen-bond donors (Lipinski definition) is 0. The van der Waals surface area contributed by atoms with Crippen LogP contribution >= 0.6 is 46.3 Å². The third-order valence-corrected chi connectivity index (χ3v) is 11.8. The molecule has 51 heavy (non-hydrogen) atoms. The highest BCUT2D eigenvalue weighted by molar-refractivity contribution is 8.03. The van der Waals surface area contributed by atoms with E-state index in [1.165, 1.54) is 25.9 Å². The first-order chi connectivity index (χ1) is 25.0. The second-order valence-electron chi connectivity index (χ2n) is 12.3. The van der Waals surface area contributed by atoms with Gasteiger partial charge in [0.05, 0.1) is 17.3 Å². The van der Waals surface area contributed by atoms with Gasteiger partial charge in [-0.05, 0) is 71.3 Å². The van der Waals surface area contributed by atoms with E-state index in [2.05, 4.69) is 113 Å². The number of nitrogens with zero attached hydrogens (tertiary/aromatic N) is 2. The lowest BCUT2D eigenvalue weighted by atomic mass is 10.1. The Kier molecular flexibility index (Phi) is 9.92. The first kappa shape index (κ1) is 33.7. The molecule has 0 amide bonds. The summed E-state index contributed by atoms with van der Waals surface area (Å²) < 4.78 is 16.3. The topological polar surface area (TPSA) is 25.6 Å². The van der Waals surface area contributed by atoms with Gasteiger partial charge in [-0.25, -0.2) is 0 Å². The van der Waals surface area contributed by atoms with E-state index in [9.17, 15) is 0 Å². The van der Waals surface area contributed by atoms with Crippen LogP contribution in [-0.4, -0.2) is 19.8 Å². The Labute approximate surface area is 316 Å². The van der Waals surface area contributed by atoms with Crippen LogP contribution in [0, 0.1) is 0 Å².